The third-order valence-corrected chi connectivity index (χ3v) is 6.42. The number of piperidine rings is 1. The average molecular weight is 480 g/mol. The maximum absolute atomic E-state index is 14.7. The van der Waals surface area contributed by atoms with Gasteiger partial charge in [-0.2, -0.15) is 13.2 Å². The first-order chi connectivity index (χ1) is 15.8. The molecule has 6 nitrogen and oxygen atoms in total. The standard InChI is InChI=1S/C22H21F4N5OS/c23-15-4-1-5-16(18(15)31-9-6-13(11-27)7-10-31)29-20(32)17-12-33-21(30-17)14-3-2-8-28-19(14)22(24,25)26/h1-5,8,12-13H,6-7,9-11,27H2,(H,29,32). The molecule has 0 unspecified atom stereocenters. The molecule has 3 N–H and O–H groups in total. The Morgan fingerprint density at radius 3 is 2.67 bits per heavy atom. The molecule has 174 valence electrons. The quantitative estimate of drug-likeness (QED) is 0.514. The van der Waals surface area contributed by atoms with E-state index in [-0.39, 0.29) is 27.6 Å². The lowest BCUT2D eigenvalue weighted by Crippen LogP contribution is -2.37. The van der Waals surface area contributed by atoms with Crippen LogP contribution in [0.25, 0.3) is 10.6 Å². The van der Waals surface area contributed by atoms with Gasteiger partial charge in [0.05, 0.1) is 11.4 Å². The number of thiazole rings is 1. The largest absolute Gasteiger partial charge is 0.434 e. The number of pyridine rings is 1. The van der Waals surface area contributed by atoms with E-state index in [1.54, 1.807) is 6.07 Å². The van der Waals surface area contributed by atoms with Crippen LogP contribution in [0.4, 0.5) is 28.9 Å². The van der Waals surface area contributed by atoms with Crippen molar-refractivity contribution in [2.45, 2.75) is 19.0 Å². The molecular formula is C22H21F4N5OS. The molecule has 1 amide bonds. The van der Waals surface area contributed by atoms with E-state index in [0.717, 1.165) is 30.4 Å². The molecule has 1 saturated heterocycles. The Morgan fingerprint density at radius 2 is 1.97 bits per heavy atom. The fourth-order valence-corrected chi connectivity index (χ4v) is 4.65. The highest BCUT2D eigenvalue weighted by molar-refractivity contribution is 7.13. The highest BCUT2D eigenvalue weighted by atomic mass is 32.1. The zero-order chi connectivity index (χ0) is 23.6. The van der Waals surface area contributed by atoms with Gasteiger partial charge in [-0.15, -0.1) is 11.3 Å². The Morgan fingerprint density at radius 1 is 1.21 bits per heavy atom. The number of hydrogen-bond donors (Lipinski definition) is 2. The molecule has 2 aromatic heterocycles. The molecule has 1 aliphatic rings. The van der Waals surface area contributed by atoms with Gasteiger partial charge in [0.2, 0.25) is 0 Å². The van der Waals surface area contributed by atoms with Crippen LogP contribution in [0.1, 0.15) is 29.0 Å². The molecule has 0 atom stereocenters. The SMILES string of the molecule is NCC1CCN(c2c(F)cccc2NC(=O)c2csc(-c3cccnc3C(F)(F)F)n2)CC1. The van der Waals surface area contributed by atoms with Gasteiger partial charge in [0.25, 0.3) is 5.91 Å². The zero-order valence-electron chi connectivity index (χ0n) is 17.4. The number of carbonyl (C=O) groups excluding carboxylic acids is 1. The summed E-state index contributed by atoms with van der Waals surface area (Å²) in [4.78, 5) is 22.2. The van der Waals surface area contributed by atoms with Crippen LogP contribution in [0.15, 0.2) is 41.9 Å². The minimum atomic E-state index is -4.65. The number of carbonyl (C=O) groups is 1. The van der Waals surface area contributed by atoms with Gasteiger partial charge >= 0.3 is 6.18 Å². The fourth-order valence-electron chi connectivity index (χ4n) is 3.82. The van der Waals surface area contributed by atoms with Crippen molar-refractivity contribution in [3.05, 3.63) is 59.1 Å². The molecule has 0 bridgehead atoms. The first-order valence-electron chi connectivity index (χ1n) is 10.3. The molecule has 4 rings (SSSR count). The van der Waals surface area contributed by atoms with Crippen LogP contribution in [0.5, 0.6) is 0 Å². The van der Waals surface area contributed by atoms with Gasteiger partial charge in [0.15, 0.2) is 5.69 Å². The van der Waals surface area contributed by atoms with Gasteiger partial charge in [-0.3, -0.25) is 9.78 Å². The van der Waals surface area contributed by atoms with Crippen molar-refractivity contribution in [2.24, 2.45) is 11.7 Å². The maximum atomic E-state index is 14.7. The van der Waals surface area contributed by atoms with E-state index in [1.807, 2.05) is 4.90 Å². The molecule has 0 radical (unpaired) electrons. The van der Waals surface area contributed by atoms with Crippen molar-refractivity contribution in [3.8, 4) is 10.6 Å². The number of nitrogens with zero attached hydrogens (tertiary/aromatic N) is 3. The summed E-state index contributed by atoms with van der Waals surface area (Å²) in [5.74, 6) is -0.727. The first kappa shape index (κ1) is 23.1. The predicted octanol–water partition coefficient (Wildman–Crippen LogP) is 4.79. The smallest absolute Gasteiger partial charge is 0.367 e. The Balaban J connectivity index is 1.57. The van der Waals surface area contributed by atoms with Gasteiger partial charge in [-0.05, 0) is 49.6 Å². The van der Waals surface area contributed by atoms with Crippen molar-refractivity contribution in [2.75, 3.05) is 29.9 Å². The molecule has 0 spiro atoms. The number of benzene rings is 1. The molecule has 1 fully saturated rings. The molecule has 33 heavy (non-hydrogen) atoms. The van der Waals surface area contributed by atoms with E-state index in [9.17, 15) is 22.4 Å². The zero-order valence-corrected chi connectivity index (χ0v) is 18.2. The molecule has 11 heteroatoms. The van der Waals surface area contributed by atoms with Crippen molar-refractivity contribution in [1.29, 1.82) is 0 Å². The Hall–Kier alpha value is -3.05. The summed E-state index contributed by atoms with van der Waals surface area (Å²) < 4.78 is 54.5. The van der Waals surface area contributed by atoms with Gasteiger partial charge in [-0.1, -0.05) is 6.07 Å². The van der Waals surface area contributed by atoms with Crippen LogP contribution < -0.4 is 16.0 Å². The minimum absolute atomic E-state index is 0.0175. The normalized spacial score (nSPS) is 15.0. The second-order valence-electron chi connectivity index (χ2n) is 7.69. The summed E-state index contributed by atoms with van der Waals surface area (Å²) >= 11 is 0.902. The topological polar surface area (TPSA) is 84.1 Å². The monoisotopic (exact) mass is 479 g/mol. The summed E-state index contributed by atoms with van der Waals surface area (Å²) in [6, 6.07) is 7.02. The third kappa shape index (κ3) is 4.98. The van der Waals surface area contributed by atoms with E-state index >= 15 is 0 Å². The van der Waals surface area contributed by atoms with E-state index in [1.165, 1.54) is 29.6 Å². The lowest BCUT2D eigenvalue weighted by Gasteiger charge is -2.34. The number of nitrogens with one attached hydrogen (secondary N) is 1. The number of amides is 1. The Labute approximate surface area is 191 Å². The second-order valence-corrected chi connectivity index (χ2v) is 8.55. The van der Waals surface area contributed by atoms with Crippen molar-refractivity contribution in [3.63, 3.8) is 0 Å². The molecule has 3 heterocycles. The summed E-state index contributed by atoms with van der Waals surface area (Å²) in [6.45, 7) is 1.79. The molecule has 0 saturated carbocycles. The highest BCUT2D eigenvalue weighted by Crippen LogP contribution is 2.37. The van der Waals surface area contributed by atoms with Crippen LogP contribution in [-0.4, -0.2) is 35.5 Å². The third-order valence-electron chi connectivity index (χ3n) is 5.54. The maximum Gasteiger partial charge on any atom is 0.434 e. The predicted molar refractivity (Wildman–Crippen MR) is 119 cm³/mol. The van der Waals surface area contributed by atoms with Gasteiger partial charge in [-0.25, -0.2) is 9.37 Å². The summed E-state index contributed by atoms with van der Waals surface area (Å²) in [5.41, 5.74) is 4.95. The van der Waals surface area contributed by atoms with Crippen molar-refractivity contribution < 1.29 is 22.4 Å². The number of para-hydroxylation sites is 1. The van der Waals surface area contributed by atoms with Crippen LogP contribution in [0.2, 0.25) is 0 Å². The molecule has 1 aliphatic heterocycles. The summed E-state index contributed by atoms with van der Waals surface area (Å²) in [6.07, 6.45) is -1.96. The van der Waals surface area contributed by atoms with Crippen LogP contribution >= 0.6 is 11.3 Å². The van der Waals surface area contributed by atoms with Crippen LogP contribution in [-0.2, 0) is 6.18 Å². The van der Waals surface area contributed by atoms with E-state index < -0.39 is 23.6 Å². The number of rotatable bonds is 5. The molecular weight excluding hydrogens is 458 g/mol. The lowest BCUT2D eigenvalue weighted by molar-refractivity contribution is -0.140. The summed E-state index contributed by atoms with van der Waals surface area (Å²) in [5, 5.41) is 4.04. The number of hydrogen-bond acceptors (Lipinski definition) is 6. The summed E-state index contributed by atoms with van der Waals surface area (Å²) in [7, 11) is 0. The Bertz CT molecular complexity index is 1140. The van der Waals surface area contributed by atoms with Crippen molar-refractivity contribution in [1.82, 2.24) is 9.97 Å². The lowest BCUT2D eigenvalue weighted by atomic mass is 9.96. The Kier molecular flexibility index (Phi) is 6.61. The average Bonchev–Trinajstić information content (AvgIpc) is 3.29. The fraction of sp³-hybridized carbons (Fsp3) is 0.318. The van der Waals surface area contributed by atoms with E-state index in [4.69, 9.17) is 5.73 Å². The number of aromatic nitrogens is 2. The van der Waals surface area contributed by atoms with Gasteiger partial charge in [0.1, 0.15) is 16.5 Å². The van der Waals surface area contributed by atoms with Crippen LogP contribution in [0, 0.1) is 11.7 Å². The van der Waals surface area contributed by atoms with Crippen molar-refractivity contribution >= 4 is 28.6 Å². The number of anilines is 2. The number of halogens is 4. The van der Waals surface area contributed by atoms with Gasteiger partial charge in [0, 0.05) is 30.2 Å². The molecule has 0 aliphatic carbocycles. The number of nitrogens with two attached hydrogens (primary N) is 1. The van der Waals surface area contributed by atoms with E-state index in [2.05, 4.69) is 15.3 Å². The molecule has 3 aromatic rings. The number of alkyl halides is 3. The van der Waals surface area contributed by atoms with E-state index in [0.29, 0.717) is 25.6 Å². The minimum Gasteiger partial charge on any atom is -0.367 e. The van der Waals surface area contributed by atoms with Crippen LogP contribution in [0.3, 0.4) is 0 Å². The molecule has 1 aromatic carbocycles. The van der Waals surface area contributed by atoms with Gasteiger partial charge < -0.3 is 16.0 Å². The first-order valence-corrected chi connectivity index (χ1v) is 11.2. The highest BCUT2D eigenvalue weighted by Gasteiger charge is 2.36. The second kappa shape index (κ2) is 9.44.